The number of benzene rings is 5. The topological polar surface area (TPSA) is 123 Å². The lowest BCUT2D eigenvalue weighted by Gasteiger charge is -2.31. The maximum absolute atomic E-state index is 14.0. The number of carbonyl (C=O) groups is 2. The highest BCUT2D eigenvalue weighted by molar-refractivity contribution is 7.92. The maximum Gasteiger partial charge on any atom is 0.261 e. The molecule has 0 saturated carbocycles. The van der Waals surface area contributed by atoms with Gasteiger partial charge in [-0.15, -0.1) is 0 Å². The number of anilines is 1. The molecular formula is C37H31ClFN3O7S. The largest absolute Gasteiger partial charge is 0.484 e. The van der Waals surface area contributed by atoms with Crippen molar-refractivity contribution in [3.05, 3.63) is 149 Å². The molecule has 0 bridgehead atoms. The molecule has 2 N–H and O–H groups in total. The average molecular weight is 716 g/mol. The summed E-state index contributed by atoms with van der Waals surface area (Å²) in [6.45, 7) is -0.0957. The van der Waals surface area contributed by atoms with Crippen LogP contribution < -0.4 is 24.2 Å². The number of fused-ring (bicyclic) bond motifs is 1. The van der Waals surface area contributed by atoms with Crippen LogP contribution in [-0.2, 0) is 32.7 Å². The molecule has 50 heavy (non-hydrogen) atoms. The average Bonchev–Trinajstić information content (AvgIpc) is 3.60. The lowest BCUT2D eigenvalue weighted by molar-refractivity contribution is -0.143. The minimum Gasteiger partial charge on any atom is -0.484 e. The summed E-state index contributed by atoms with van der Waals surface area (Å²) in [5.41, 5.74) is 2.30. The standard InChI is InChI=1S/C37H31ClFN3O7S/c38-28-9-6-25(7-10-28)22-42(35(43)23-47-31-15-17-32(18-16-31)50(45,46)41-30-13-11-29(39)12-14-30)36(27-4-2-1-3-5-27)37(44)40-21-26-8-19-33-34(20-26)49-24-48-33/h1-20,36,41H,21-24H2,(H,40,44)/t36-/m1/s1. The smallest absolute Gasteiger partial charge is 0.261 e. The molecule has 6 rings (SSSR count). The predicted molar refractivity (Wildman–Crippen MR) is 185 cm³/mol. The number of hydrogen-bond donors (Lipinski definition) is 2. The third kappa shape index (κ3) is 8.52. The molecule has 0 fully saturated rings. The first-order valence-electron chi connectivity index (χ1n) is 15.4. The molecule has 1 heterocycles. The fraction of sp³-hybridized carbons (Fsp3) is 0.135. The quantitative estimate of drug-likeness (QED) is 0.143. The predicted octanol–water partition coefficient (Wildman–Crippen LogP) is 6.47. The first-order valence-corrected chi connectivity index (χ1v) is 17.3. The van der Waals surface area contributed by atoms with Gasteiger partial charge < -0.3 is 24.4 Å². The van der Waals surface area contributed by atoms with Crippen molar-refractivity contribution in [1.29, 1.82) is 0 Å². The molecule has 0 spiro atoms. The van der Waals surface area contributed by atoms with Crippen LogP contribution in [0, 0.1) is 5.82 Å². The summed E-state index contributed by atoms with van der Waals surface area (Å²) in [6.07, 6.45) is 0. The second-order valence-electron chi connectivity index (χ2n) is 11.2. The van der Waals surface area contributed by atoms with Crippen molar-refractivity contribution in [2.24, 2.45) is 0 Å². The van der Waals surface area contributed by atoms with Crippen molar-refractivity contribution in [2.45, 2.75) is 24.0 Å². The normalized spacial score (nSPS) is 12.5. The second kappa shape index (κ2) is 15.3. The van der Waals surface area contributed by atoms with Crippen molar-refractivity contribution in [3.63, 3.8) is 0 Å². The maximum atomic E-state index is 14.0. The van der Waals surface area contributed by atoms with Gasteiger partial charge in [-0.1, -0.05) is 60.1 Å². The van der Waals surface area contributed by atoms with E-state index in [-0.39, 0.29) is 36.2 Å². The third-order valence-electron chi connectivity index (χ3n) is 7.76. The van der Waals surface area contributed by atoms with Crippen LogP contribution >= 0.6 is 11.6 Å². The van der Waals surface area contributed by atoms with Gasteiger partial charge in [-0.3, -0.25) is 14.3 Å². The molecule has 5 aromatic rings. The molecule has 0 unspecified atom stereocenters. The summed E-state index contributed by atoms with van der Waals surface area (Å²) in [6, 6.07) is 30.6. The van der Waals surface area contributed by atoms with Gasteiger partial charge in [0.1, 0.15) is 17.6 Å². The first kappa shape index (κ1) is 34.3. The summed E-state index contributed by atoms with van der Waals surface area (Å²) in [5.74, 6) is 0.0329. The van der Waals surface area contributed by atoms with E-state index in [1.807, 2.05) is 12.1 Å². The SMILES string of the molecule is O=C(NCc1ccc2c(c1)OCO2)[C@@H](c1ccccc1)N(Cc1ccc(Cl)cc1)C(=O)COc1ccc(S(=O)(=O)Nc2ccc(F)cc2)cc1. The van der Waals surface area contributed by atoms with E-state index in [1.54, 1.807) is 60.7 Å². The summed E-state index contributed by atoms with van der Waals surface area (Å²) in [5, 5.41) is 3.48. The van der Waals surface area contributed by atoms with E-state index in [9.17, 15) is 22.4 Å². The van der Waals surface area contributed by atoms with Crippen LogP contribution in [0.1, 0.15) is 22.7 Å². The summed E-state index contributed by atoms with van der Waals surface area (Å²) < 4.78 is 58.0. The minimum atomic E-state index is -3.98. The fourth-order valence-corrected chi connectivity index (χ4v) is 6.41. The van der Waals surface area contributed by atoms with Crippen molar-refractivity contribution in [3.8, 4) is 17.2 Å². The number of rotatable bonds is 13. The Bertz CT molecular complexity index is 2070. The van der Waals surface area contributed by atoms with E-state index in [2.05, 4.69) is 10.0 Å². The Morgan fingerprint density at radius 3 is 2.24 bits per heavy atom. The molecule has 1 atom stereocenters. The Morgan fingerprint density at radius 1 is 0.840 bits per heavy atom. The number of halogens is 2. The molecule has 1 aliphatic heterocycles. The van der Waals surface area contributed by atoms with Crippen LogP contribution in [0.4, 0.5) is 10.1 Å². The zero-order valence-electron chi connectivity index (χ0n) is 26.4. The van der Waals surface area contributed by atoms with E-state index in [0.717, 1.165) is 23.3 Å². The number of sulfonamides is 1. The van der Waals surface area contributed by atoms with E-state index < -0.39 is 40.3 Å². The van der Waals surface area contributed by atoms with Crippen molar-refractivity contribution < 1.29 is 36.6 Å². The van der Waals surface area contributed by atoms with Crippen LogP contribution in [0.3, 0.4) is 0 Å². The van der Waals surface area contributed by atoms with Crippen LogP contribution in [0.2, 0.25) is 5.02 Å². The van der Waals surface area contributed by atoms with Crippen LogP contribution in [-0.4, -0.2) is 38.5 Å². The number of ether oxygens (including phenoxy) is 3. The zero-order valence-corrected chi connectivity index (χ0v) is 28.0. The Hall–Kier alpha value is -5.59. The number of nitrogens with zero attached hydrogens (tertiary/aromatic N) is 1. The lowest BCUT2D eigenvalue weighted by Crippen LogP contribution is -2.45. The Balaban J connectivity index is 1.20. The molecule has 2 amide bonds. The molecule has 10 nitrogen and oxygen atoms in total. The molecule has 0 aromatic heterocycles. The van der Waals surface area contributed by atoms with Crippen LogP contribution in [0.25, 0.3) is 0 Å². The van der Waals surface area contributed by atoms with Gasteiger partial charge >= 0.3 is 0 Å². The van der Waals surface area contributed by atoms with Gasteiger partial charge in [0.05, 0.1) is 4.90 Å². The van der Waals surface area contributed by atoms with E-state index in [1.165, 1.54) is 41.3 Å². The summed E-state index contributed by atoms with van der Waals surface area (Å²) >= 11 is 6.12. The van der Waals surface area contributed by atoms with Gasteiger partial charge in [0.15, 0.2) is 18.1 Å². The van der Waals surface area contributed by atoms with Crippen molar-refractivity contribution in [2.75, 3.05) is 18.1 Å². The lowest BCUT2D eigenvalue weighted by atomic mass is 10.0. The molecule has 256 valence electrons. The first-order chi connectivity index (χ1) is 24.1. The van der Waals surface area contributed by atoms with Crippen molar-refractivity contribution in [1.82, 2.24) is 10.2 Å². The number of nitrogens with one attached hydrogen (secondary N) is 2. The van der Waals surface area contributed by atoms with Gasteiger partial charge in [-0.2, -0.15) is 0 Å². The summed E-state index contributed by atoms with van der Waals surface area (Å²) in [7, 11) is -3.98. The summed E-state index contributed by atoms with van der Waals surface area (Å²) in [4.78, 5) is 29.4. The Labute approximate surface area is 293 Å². The molecule has 0 aliphatic carbocycles. The highest BCUT2D eigenvalue weighted by Crippen LogP contribution is 2.33. The number of carbonyl (C=O) groups excluding carboxylic acids is 2. The molecule has 1 aliphatic rings. The highest BCUT2D eigenvalue weighted by Gasteiger charge is 2.32. The van der Waals surface area contributed by atoms with Gasteiger partial charge in [0, 0.05) is 23.8 Å². The molecule has 0 saturated heterocycles. The second-order valence-corrected chi connectivity index (χ2v) is 13.4. The third-order valence-corrected chi connectivity index (χ3v) is 9.41. The minimum absolute atomic E-state index is 0.0581. The number of hydrogen-bond acceptors (Lipinski definition) is 7. The zero-order chi connectivity index (χ0) is 35.1. The highest BCUT2D eigenvalue weighted by atomic mass is 35.5. The van der Waals surface area contributed by atoms with Gasteiger partial charge in [0.25, 0.3) is 15.9 Å². The molecule has 0 radical (unpaired) electrons. The molecular weight excluding hydrogens is 685 g/mol. The van der Waals surface area contributed by atoms with Crippen LogP contribution in [0.15, 0.2) is 126 Å². The molecule has 5 aromatic carbocycles. The monoisotopic (exact) mass is 715 g/mol. The van der Waals surface area contributed by atoms with Crippen LogP contribution in [0.5, 0.6) is 17.2 Å². The fourth-order valence-electron chi connectivity index (χ4n) is 5.23. The van der Waals surface area contributed by atoms with Gasteiger partial charge in [0.2, 0.25) is 12.7 Å². The Kier molecular flexibility index (Phi) is 10.5. The van der Waals surface area contributed by atoms with Gasteiger partial charge in [-0.25, -0.2) is 12.8 Å². The Morgan fingerprint density at radius 2 is 1.52 bits per heavy atom. The molecule has 13 heteroatoms. The number of amides is 2. The van der Waals surface area contributed by atoms with E-state index in [0.29, 0.717) is 22.1 Å². The van der Waals surface area contributed by atoms with E-state index in [4.69, 9.17) is 25.8 Å². The van der Waals surface area contributed by atoms with Crippen molar-refractivity contribution >= 4 is 39.1 Å². The van der Waals surface area contributed by atoms with E-state index >= 15 is 0 Å². The van der Waals surface area contributed by atoms with Gasteiger partial charge in [-0.05, 0) is 89.5 Å².